The Balaban J connectivity index is 1.88. The number of hydrogen-bond acceptors (Lipinski definition) is 4. The minimum atomic E-state index is -0.558. The average molecular weight is 302 g/mol. The van der Waals surface area contributed by atoms with Gasteiger partial charge in [-0.3, -0.25) is 4.79 Å². The molecular weight excluding hydrogens is 280 g/mol. The first kappa shape index (κ1) is 16.3. The Bertz CT molecular complexity index is 545. The second kappa shape index (κ2) is 7.81. The molecule has 22 heavy (non-hydrogen) atoms. The van der Waals surface area contributed by atoms with E-state index in [4.69, 9.17) is 14.7 Å². The fraction of sp³-hybridized carbons (Fsp3) is 0.529. The van der Waals surface area contributed by atoms with Gasteiger partial charge in [-0.05, 0) is 44.9 Å². The first-order valence-corrected chi connectivity index (χ1v) is 7.71. The molecule has 1 aliphatic rings. The second-order valence-electron chi connectivity index (χ2n) is 5.38. The Labute approximate surface area is 131 Å². The minimum absolute atomic E-state index is 0.0164. The first-order valence-electron chi connectivity index (χ1n) is 7.71. The van der Waals surface area contributed by atoms with Crippen LogP contribution in [0.3, 0.4) is 0 Å². The summed E-state index contributed by atoms with van der Waals surface area (Å²) in [5.41, 5.74) is 0.523. The summed E-state index contributed by atoms with van der Waals surface area (Å²) in [6.45, 7) is 5.86. The van der Waals surface area contributed by atoms with Crippen LogP contribution >= 0.6 is 0 Å². The summed E-state index contributed by atoms with van der Waals surface area (Å²) in [5, 5.41) is 8.89. The molecule has 0 bridgehead atoms. The predicted molar refractivity (Wildman–Crippen MR) is 82.5 cm³/mol. The van der Waals surface area contributed by atoms with Crippen molar-refractivity contribution in [3.8, 4) is 11.8 Å². The lowest BCUT2D eigenvalue weighted by Crippen LogP contribution is -2.46. The number of piperidine rings is 1. The summed E-state index contributed by atoms with van der Waals surface area (Å²) in [4.78, 5) is 14.2. The van der Waals surface area contributed by atoms with Gasteiger partial charge in [0.05, 0.1) is 17.7 Å². The van der Waals surface area contributed by atoms with Crippen molar-refractivity contribution in [3.05, 3.63) is 29.8 Å². The second-order valence-corrected chi connectivity index (χ2v) is 5.38. The van der Waals surface area contributed by atoms with Gasteiger partial charge in [0.15, 0.2) is 6.10 Å². The lowest BCUT2D eigenvalue weighted by Gasteiger charge is -2.33. The number of likely N-dealkylation sites (tertiary alicyclic amines) is 1. The lowest BCUT2D eigenvalue weighted by atomic mass is 10.1. The lowest BCUT2D eigenvalue weighted by molar-refractivity contribution is -0.140. The molecule has 1 aromatic carbocycles. The Morgan fingerprint density at radius 3 is 2.82 bits per heavy atom. The summed E-state index contributed by atoms with van der Waals surface area (Å²) in [5.74, 6) is 0.529. The molecule has 0 saturated carbocycles. The molecule has 0 N–H and O–H groups in total. The third kappa shape index (κ3) is 4.22. The van der Waals surface area contributed by atoms with Crippen molar-refractivity contribution in [2.45, 2.75) is 38.9 Å². The fourth-order valence-electron chi connectivity index (χ4n) is 2.63. The maximum atomic E-state index is 12.4. The molecule has 1 unspecified atom stereocenters. The van der Waals surface area contributed by atoms with Crippen LogP contribution in [0.4, 0.5) is 0 Å². The highest BCUT2D eigenvalue weighted by atomic mass is 16.5. The summed E-state index contributed by atoms with van der Waals surface area (Å²) in [6.07, 6.45) is 1.45. The van der Waals surface area contributed by atoms with E-state index in [1.54, 1.807) is 31.2 Å². The monoisotopic (exact) mass is 302 g/mol. The van der Waals surface area contributed by atoms with E-state index >= 15 is 0 Å². The maximum absolute atomic E-state index is 12.4. The van der Waals surface area contributed by atoms with Crippen LogP contribution in [-0.4, -0.2) is 42.7 Å². The van der Waals surface area contributed by atoms with Gasteiger partial charge in [-0.25, -0.2) is 0 Å². The van der Waals surface area contributed by atoms with Gasteiger partial charge in [0.2, 0.25) is 0 Å². The first-order chi connectivity index (χ1) is 10.6. The molecule has 0 aliphatic carbocycles. The number of carbonyl (C=O) groups is 1. The van der Waals surface area contributed by atoms with Crippen LogP contribution in [0.1, 0.15) is 32.3 Å². The molecule has 1 aromatic rings. The third-order valence-electron chi connectivity index (χ3n) is 3.78. The van der Waals surface area contributed by atoms with E-state index in [9.17, 15) is 4.79 Å². The molecule has 118 valence electrons. The third-order valence-corrected chi connectivity index (χ3v) is 3.78. The molecule has 0 aromatic heterocycles. The van der Waals surface area contributed by atoms with Crippen LogP contribution < -0.4 is 4.74 Å². The van der Waals surface area contributed by atoms with Gasteiger partial charge in [-0.2, -0.15) is 5.26 Å². The quantitative estimate of drug-likeness (QED) is 0.837. The molecule has 1 saturated heterocycles. The maximum Gasteiger partial charge on any atom is 0.263 e. The Hall–Kier alpha value is -2.06. The van der Waals surface area contributed by atoms with Crippen molar-refractivity contribution in [1.82, 2.24) is 4.90 Å². The number of hydrogen-bond donors (Lipinski definition) is 0. The number of benzene rings is 1. The number of amides is 1. The predicted octanol–water partition coefficient (Wildman–Crippen LogP) is 2.35. The van der Waals surface area contributed by atoms with Crippen molar-refractivity contribution >= 4 is 5.91 Å². The van der Waals surface area contributed by atoms with E-state index in [1.807, 2.05) is 11.8 Å². The van der Waals surface area contributed by atoms with E-state index < -0.39 is 6.10 Å². The molecule has 5 heteroatoms. The number of carbonyl (C=O) groups excluding carboxylic acids is 1. The molecule has 1 fully saturated rings. The molecule has 1 aliphatic heterocycles. The standard InChI is InChI=1S/C17H22N2O3/c1-3-21-15-7-9-19(10-8-15)17(20)13(2)22-16-6-4-5-14(11-16)12-18/h4-6,11,13,15H,3,7-10H2,1-2H3. The zero-order valence-electron chi connectivity index (χ0n) is 13.1. The van der Waals surface area contributed by atoms with Crippen molar-refractivity contribution < 1.29 is 14.3 Å². The smallest absolute Gasteiger partial charge is 0.263 e. The molecule has 1 heterocycles. The fourth-order valence-corrected chi connectivity index (χ4v) is 2.63. The highest BCUT2D eigenvalue weighted by Gasteiger charge is 2.27. The molecule has 1 atom stereocenters. The number of nitriles is 1. The van der Waals surface area contributed by atoms with Crippen LogP contribution in [0.2, 0.25) is 0 Å². The van der Waals surface area contributed by atoms with Crippen molar-refractivity contribution in [2.75, 3.05) is 19.7 Å². The van der Waals surface area contributed by atoms with E-state index in [-0.39, 0.29) is 12.0 Å². The topological polar surface area (TPSA) is 62.6 Å². The van der Waals surface area contributed by atoms with Crippen LogP contribution in [0.25, 0.3) is 0 Å². The molecule has 0 radical (unpaired) electrons. The van der Waals surface area contributed by atoms with Crippen molar-refractivity contribution in [3.63, 3.8) is 0 Å². The molecule has 1 amide bonds. The van der Waals surface area contributed by atoms with E-state index in [2.05, 4.69) is 6.07 Å². The van der Waals surface area contributed by atoms with Crippen LogP contribution in [0.5, 0.6) is 5.75 Å². The molecule has 5 nitrogen and oxygen atoms in total. The van der Waals surface area contributed by atoms with Crippen LogP contribution in [0, 0.1) is 11.3 Å². The zero-order valence-corrected chi connectivity index (χ0v) is 13.1. The Morgan fingerprint density at radius 2 is 2.18 bits per heavy atom. The van der Waals surface area contributed by atoms with Crippen LogP contribution in [-0.2, 0) is 9.53 Å². The molecule has 0 spiro atoms. The number of rotatable bonds is 5. The number of ether oxygens (including phenoxy) is 2. The van der Waals surface area contributed by atoms with E-state index in [1.165, 1.54) is 0 Å². The number of nitrogens with zero attached hydrogens (tertiary/aromatic N) is 2. The molecule has 2 rings (SSSR count). The van der Waals surface area contributed by atoms with Gasteiger partial charge in [0.1, 0.15) is 5.75 Å². The van der Waals surface area contributed by atoms with Gasteiger partial charge in [0.25, 0.3) is 5.91 Å². The largest absolute Gasteiger partial charge is 0.481 e. The van der Waals surface area contributed by atoms with Crippen molar-refractivity contribution in [1.29, 1.82) is 5.26 Å². The molecular formula is C17H22N2O3. The van der Waals surface area contributed by atoms with Gasteiger partial charge in [0, 0.05) is 19.7 Å². The van der Waals surface area contributed by atoms with Crippen LogP contribution in [0.15, 0.2) is 24.3 Å². The Kier molecular flexibility index (Phi) is 5.79. The highest BCUT2D eigenvalue weighted by molar-refractivity contribution is 5.81. The van der Waals surface area contributed by atoms with Gasteiger partial charge >= 0.3 is 0 Å². The highest BCUT2D eigenvalue weighted by Crippen LogP contribution is 2.18. The SMILES string of the molecule is CCOC1CCN(C(=O)C(C)Oc2cccc(C#N)c2)CC1. The van der Waals surface area contributed by atoms with Gasteiger partial charge in [-0.1, -0.05) is 6.07 Å². The Morgan fingerprint density at radius 1 is 1.45 bits per heavy atom. The summed E-state index contributed by atoms with van der Waals surface area (Å²) < 4.78 is 11.3. The van der Waals surface area contributed by atoms with Gasteiger partial charge in [-0.15, -0.1) is 0 Å². The normalized spacial score (nSPS) is 16.9. The summed E-state index contributed by atoms with van der Waals surface area (Å²) in [7, 11) is 0. The summed E-state index contributed by atoms with van der Waals surface area (Å²) in [6, 6.07) is 8.92. The van der Waals surface area contributed by atoms with E-state index in [0.717, 1.165) is 12.8 Å². The van der Waals surface area contributed by atoms with E-state index in [0.29, 0.717) is 31.0 Å². The zero-order chi connectivity index (χ0) is 15.9. The van der Waals surface area contributed by atoms with Crippen molar-refractivity contribution in [2.24, 2.45) is 0 Å². The minimum Gasteiger partial charge on any atom is -0.481 e. The summed E-state index contributed by atoms with van der Waals surface area (Å²) >= 11 is 0. The average Bonchev–Trinajstić information content (AvgIpc) is 2.55. The van der Waals surface area contributed by atoms with Gasteiger partial charge < -0.3 is 14.4 Å².